The van der Waals surface area contributed by atoms with Crippen LogP contribution in [0.15, 0.2) is 0 Å². The van der Waals surface area contributed by atoms with E-state index in [-0.39, 0.29) is 5.92 Å². The van der Waals surface area contributed by atoms with Crippen LogP contribution in [0.25, 0.3) is 0 Å². The topological polar surface area (TPSA) is 63.3 Å². The number of hydrogen-bond acceptors (Lipinski definition) is 2. The summed E-state index contributed by atoms with van der Waals surface area (Å²) < 4.78 is 0. The number of carboxylic acid groups (broad SMARTS) is 1. The zero-order valence-electron chi connectivity index (χ0n) is 10.6. The van der Waals surface area contributed by atoms with Crippen molar-refractivity contribution in [3.63, 3.8) is 0 Å². The molecule has 0 rings (SSSR count). The van der Waals surface area contributed by atoms with Crippen LogP contribution < -0.4 is 5.73 Å². The Hall–Kier alpha value is -0.570. The van der Waals surface area contributed by atoms with Crippen LogP contribution in [-0.4, -0.2) is 17.6 Å². The Morgan fingerprint density at radius 2 is 1.62 bits per heavy atom. The van der Waals surface area contributed by atoms with E-state index in [1.165, 1.54) is 32.1 Å². The summed E-state index contributed by atoms with van der Waals surface area (Å²) in [5, 5.41) is 8.92. The summed E-state index contributed by atoms with van der Waals surface area (Å²) in [6.45, 7) is 2.69. The fourth-order valence-corrected chi connectivity index (χ4v) is 1.94. The lowest BCUT2D eigenvalue weighted by Gasteiger charge is -2.10. The Bertz CT molecular complexity index is 171. The fourth-order valence-electron chi connectivity index (χ4n) is 1.94. The maximum absolute atomic E-state index is 10.8. The lowest BCUT2D eigenvalue weighted by atomic mass is 9.97. The zero-order valence-corrected chi connectivity index (χ0v) is 10.6. The van der Waals surface area contributed by atoms with Crippen molar-refractivity contribution in [2.24, 2.45) is 11.7 Å². The summed E-state index contributed by atoms with van der Waals surface area (Å²) >= 11 is 0. The molecule has 0 amide bonds. The van der Waals surface area contributed by atoms with Gasteiger partial charge >= 0.3 is 5.97 Å². The van der Waals surface area contributed by atoms with Crippen molar-refractivity contribution in [2.75, 3.05) is 6.54 Å². The molecule has 3 N–H and O–H groups in total. The van der Waals surface area contributed by atoms with Crippen LogP contribution >= 0.6 is 0 Å². The van der Waals surface area contributed by atoms with Crippen LogP contribution in [0.1, 0.15) is 64.7 Å². The molecule has 1 unspecified atom stereocenters. The molecule has 0 saturated carbocycles. The molecule has 0 aliphatic carbocycles. The van der Waals surface area contributed by atoms with Gasteiger partial charge in [0.1, 0.15) is 0 Å². The molecule has 0 bridgehead atoms. The number of aliphatic carboxylic acids is 1. The molecular formula is C13H27NO2. The largest absolute Gasteiger partial charge is 0.481 e. The Balaban J connectivity index is 3.37. The highest BCUT2D eigenvalue weighted by molar-refractivity contribution is 5.69. The van der Waals surface area contributed by atoms with Gasteiger partial charge in [-0.15, -0.1) is 0 Å². The summed E-state index contributed by atoms with van der Waals surface area (Å²) in [6.07, 6.45) is 10.1. The van der Waals surface area contributed by atoms with Crippen molar-refractivity contribution in [3.05, 3.63) is 0 Å². The second-order valence-electron chi connectivity index (χ2n) is 4.52. The van der Waals surface area contributed by atoms with E-state index in [0.29, 0.717) is 13.0 Å². The van der Waals surface area contributed by atoms with Crippen LogP contribution in [0.2, 0.25) is 0 Å². The van der Waals surface area contributed by atoms with Gasteiger partial charge in [-0.1, -0.05) is 51.9 Å². The van der Waals surface area contributed by atoms with Gasteiger partial charge in [-0.3, -0.25) is 4.79 Å². The van der Waals surface area contributed by atoms with Crippen molar-refractivity contribution in [1.29, 1.82) is 0 Å². The number of carbonyl (C=O) groups is 1. The molecule has 3 nitrogen and oxygen atoms in total. The average molecular weight is 229 g/mol. The Labute approximate surface area is 99.4 Å². The minimum Gasteiger partial charge on any atom is -0.481 e. The number of hydrogen-bond donors (Lipinski definition) is 2. The normalized spacial score (nSPS) is 12.6. The number of carboxylic acids is 1. The van der Waals surface area contributed by atoms with Gasteiger partial charge in [-0.2, -0.15) is 0 Å². The first-order valence-corrected chi connectivity index (χ1v) is 6.65. The molecule has 1 atom stereocenters. The smallest absolute Gasteiger partial charge is 0.306 e. The molecule has 0 aliphatic heterocycles. The molecule has 0 radical (unpaired) electrons. The highest BCUT2D eigenvalue weighted by Gasteiger charge is 2.15. The summed E-state index contributed by atoms with van der Waals surface area (Å²) in [5.41, 5.74) is 5.39. The molecular weight excluding hydrogens is 202 g/mol. The van der Waals surface area contributed by atoms with E-state index >= 15 is 0 Å². The predicted molar refractivity (Wildman–Crippen MR) is 67.4 cm³/mol. The third-order valence-corrected chi connectivity index (χ3v) is 3.02. The number of unbranched alkanes of at least 4 members (excludes halogenated alkanes) is 6. The van der Waals surface area contributed by atoms with Crippen LogP contribution in [0, 0.1) is 5.92 Å². The van der Waals surface area contributed by atoms with Gasteiger partial charge in [0.15, 0.2) is 0 Å². The molecule has 0 fully saturated rings. The zero-order chi connectivity index (χ0) is 12.2. The Kier molecular flexibility index (Phi) is 10.5. The SMILES string of the molecule is CCCCCCCCCC(CCN)C(=O)O. The van der Waals surface area contributed by atoms with Gasteiger partial charge < -0.3 is 10.8 Å². The second kappa shape index (κ2) is 10.9. The summed E-state index contributed by atoms with van der Waals surface area (Å²) in [4.78, 5) is 10.8. The molecule has 0 aromatic carbocycles. The molecule has 0 saturated heterocycles. The fraction of sp³-hybridized carbons (Fsp3) is 0.923. The van der Waals surface area contributed by atoms with Gasteiger partial charge in [0.2, 0.25) is 0 Å². The first-order chi connectivity index (χ1) is 7.72. The summed E-state index contributed by atoms with van der Waals surface area (Å²) in [7, 11) is 0. The quantitative estimate of drug-likeness (QED) is 0.535. The van der Waals surface area contributed by atoms with Crippen molar-refractivity contribution >= 4 is 5.97 Å². The predicted octanol–water partition coefficient (Wildman–Crippen LogP) is 3.18. The van der Waals surface area contributed by atoms with Gasteiger partial charge in [0, 0.05) is 0 Å². The van der Waals surface area contributed by atoms with E-state index in [9.17, 15) is 4.79 Å². The van der Waals surface area contributed by atoms with E-state index in [1.807, 2.05) is 0 Å². The van der Waals surface area contributed by atoms with E-state index in [4.69, 9.17) is 10.8 Å². The van der Waals surface area contributed by atoms with E-state index < -0.39 is 5.97 Å². The van der Waals surface area contributed by atoms with Gasteiger partial charge in [-0.25, -0.2) is 0 Å². The van der Waals surface area contributed by atoms with Crippen molar-refractivity contribution in [3.8, 4) is 0 Å². The highest BCUT2D eigenvalue weighted by atomic mass is 16.4. The number of rotatable bonds is 11. The molecule has 96 valence electrons. The second-order valence-corrected chi connectivity index (χ2v) is 4.52. The van der Waals surface area contributed by atoms with Crippen LogP contribution in [0.3, 0.4) is 0 Å². The maximum Gasteiger partial charge on any atom is 0.306 e. The third kappa shape index (κ3) is 8.72. The Morgan fingerprint density at radius 1 is 1.06 bits per heavy atom. The average Bonchev–Trinajstić information content (AvgIpc) is 2.26. The van der Waals surface area contributed by atoms with Crippen molar-refractivity contribution < 1.29 is 9.90 Å². The molecule has 0 aliphatic rings. The van der Waals surface area contributed by atoms with Gasteiger partial charge in [-0.05, 0) is 19.4 Å². The minimum atomic E-state index is -0.684. The summed E-state index contributed by atoms with van der Waals surface area (Å²) in [5.74, 6) is -0.905. The number of nitrogens with two attached hydrogens (primary N) is 1. The molecule has 0 heterocycles. The first-order valence-electron chi connectivity index (χ1n) is 6.65. The van der Waals surface area contributed by atoms with Crippen LogP contribution in [0.5, 0.6) is 0 Å². The summed E-state index contributed by atoms with van der Waals surface area (Å²) in [6, 6.07) is 0. The maximum atomic E-state index is 10.8. The third-order valence-electron chi connectivity index (χ3n) is 3.02. The van der Waals surface area contributed by atoms with Crippen LogP contribution in [0.4, 0.5) is 0 Å². The minimum absolute atomic E-state index is 0.222. The van der Waals surface area contributed by atoms with Crippen LogP contribution in [-0.2, 0) is 4.79 Å². The van der Waals surface area contributed by atoms with Crippen molar-refractivity contribution in [2.45, 2.75) is 64.7 Å². The van der Waals surface area contributed by atoms with E-state index in [2.05, 4.69) is 6.92 Å². The highest BCUT2D eigenvalue weighted by Crippen LogP contribution is 2.15. The lowest BCUT2D eigenvalue weighted by Crippen LogP contribution is -2.17. The Morgan fingerprint density at radius 3 is 2.12 bits per heavy atom. The van der Waals surface area contributed by atoms with Gasteiger partial charge in [0.25, 0.3) is 0 Å². The molecule has 0 aromatic rings. The standard InChI is InChI=1S/C13H27NO2/c1-2-3-4-5-6-7-8-9-12(10-11-14)13(15)16/h12H,2-11,14H2,1H3,(H,15,16). The van der Waals surface area contributed by atoms with Crippen molar-refractivity contribution in [1.82, 2.24) is 0 Å². The van der Waals surface area contributed by atoms with E-state index in [1.54, 1.807) is 0 Å². The van der Waals surface area contributed by atoms with E-state index in [0.717, 1.165) is 19.3 Å². The molecule has 0 aromatic heterocycles. The molecule has 3 heteroatoms. The molecule has 0 spiro atoms. The first kappa shape index (κ1) is 15.4. The molecule has 16 heavy (non-hydrogen) atoms. The van der Waals surface area contributed by atoms with Gasteiger partial charge in [0.05, 0.1) is 5.92 Å². The lowest BCUT2D eigenvalue weighted by molar-refractivity contribution is -0.142. The monoisotopic (exact) mass is 229 g/mol.